The molecule has 3 heteroatoms. The molecule has 0 unspecified atom stereocenters. The molecule has 1 aliphatic rings. The minimum Gasteiger partial charge on any atom is -0.378 e. The summed E-state index contributed by atoms with van der Waals surface area (Å²) < 4.78 is 5.97. The molecule has 1 rings (SSSR count). The summed E-state index contributed by atoms with van der Waals surface area (Å²) in [4.78, 5) is 14.8. The van der Waals surface area contributed by atoms with Gasteiger partial charge in [-0.2, -0.15) is 0 Å². The summed E-state index contributed by atoms with van der Waals surface area (Å²) in [6, 6.07) is 0. The van der Waals surface area contributed by atoms with Crippen LogP contribution in [0.1, 0.15) is 117 Å². The molecule has 0 bridgehead atoms. The fourth-order valence-corrected chi connectivity index (χ4v) is 3.88. The molecule has 0 heterocycles. The van der Waals surface area contributed by atoms with Gasteiger partial charge >= 0.3 is 0 Å². The van der Waals surface area contributed by atoms with Crippen molar-refractivity contribution in [1.82, 2.24) is 4.90 Å². The van der Waals surface area contributed by atoms with Crippen LogP contribution in [0.4, 0.5) is 0 Å². The molecule has 154 valence electrons. The SMILES string of the molecule is CCCCCCCN(CCCCCCC)C(=O)CCOC1CCCCC1. The second kappa shape index (κ2) is 16.6. The molecule has 0 spiro atoms. The van der Waals surface area contributed by atoms with Gasteiger partial charge in [0.2, 0.25) is 5.91 Å². The van der Waals surface area contributed by atoms with Crippen LogP contribution < -0.4 is 0 Å². The molecule has 1 fully saturated rings. The molecular formula is C23H45NO2. The number of unbranched alkanes of at least 4 members (excludes halogenated alkanes) is 8. The number of ether oxygens (including phenoxy) is 1. The second-order valence-corrected chi connectivity index (χ2v) is 8.09. The van der Waals surface area contributed by atoms with Crippen molar-refractivity contribution in [1.29, 1.82) is 0 Å². The third-order valence-corrected chi connectivity index (χ3v) is 5.64. The van der Waals surface area contributed by atoms with Gasteiger partial charge < -0.3 is 9.64 Å². The van der Waals surface area contributed by atoms with Crippen molar-refractivity contribution in [3.63, 3.8) is 0 Å². The van der Waals surface area contributed by atoms with Crippen molar-refractivity contribution >= 4 is 5.91 Å². The number of amides is 1. The Morgan fingerprint density at radius 1 is 0.808 bits per heavy atom. The zero-order valence-corrected chi connectivity index (χ0v) is 17.8. The van der Waals surface area contributed by atoms with Gasteiger partial charge in [0.05, 0.1) is 19.1 Å². The van der Waals surface area contributed by atoms with E-state index in [4.69, 9.17) is 4.74 Å². The van der Waals surface area contributed by atoms with Gasteiger partial charge in [-0.05, 0) is 25.7 Å². The molecule has 0 atom stereocenters. The van der Waals surface area contributed by atoms with E-state index in [1.165, 1.54) is 83.5 Å². The standard InChI is InChI=1S/C23H45NO2/c1-3-5-7-9-14-19-24(20-15-10-8-6-4-2)23(25)18-21-26-22-16-12-11-13-17-22/h22H,3-21H2,1-2H3. The maximum Gasteiger partial charge on any atom is 0.224 e. The van der Waals surface area contributed by atoms with E-state index in [2.05, 4.69) is 18.7 Å². The fourth-order valence-electron chi connectivity index (χ4n) is 3.88. The zero-order chi connectivity index (χ0) is 18.9. The number of carbonyl (C=O) groups excluding carboxylic acids is 1. The first kappa shape index (κ1) is 23.5. The van der Waals surface area contributed by atoms with Crippen molar-refractivity contribution in [2.45, 2.75) is 123 Å². The van der Waals surface area contributed by atoms with Crippen LogP contribution >= 0.6 is 0 Å². The smallest absolute Gasteiger partial charge is 0.224 e. The molecule has 0 aliphatic heterocycles. The fraction of sp³-hybridized carbons (Fsp3) is 0.957. The van der Waals surface area contributed by atoms with Gasteiger partial charge in [0.25, 0.3) is 0 Å². The van der Waals surface area contributed by atoms with Crippen molar-refractivity contribution in [3.05, 3.63) is 0 Å². The summed E-state index contributed by atoms with van der Waals surface area (Å²) in [5.74, 6) is 0.312. The van der Waals surface area contributed by atoms with E-state index >= 15 is 0 Å². The zero-order valence-electron chi connectivity index (χ0n) is 17.8. The summed E-state index contributed by atoms with van der Waals surface area (Å²) in [6.07, 6.45) is 19.9. The first-order valence-electron chi connectivity index (χ1n) is 11.7. The first-order chi connectivity index (χ1) is 12.8. The highest BCUT2D eigenvalue weighted by Crippen LogP contribution is 2.20. The number of carbonyl (C=O) groups is 1. The predicted octanol–water partition coefficient (Wildman–Crippen LogP) is 6.50. The Labute approximate surface area is 163 Å². The Morgan fingerprint density at radius 2 is 1.35 bits per heavy atom. The Hall–Kier alpha value is -0.570. The minimum atomic E-state index is 0.312. The summed E-state index contributed by atoms with van der Waals surface area (Å²) in [5.41, 5.74) is 0. The third-order valence-electron chi connectivity index (χ3n) is 5.64. The van der Waals surface area contributed by atoms with E-state index in [1.807, 2.05) is 0 Å². The molecule has 1 amide bonds. The summed E-state index contributed by atoms with van der Waals surface area (Å²) in [6.45, 7) is 7.00. The first-order valence-corrected chi connectivity index (χ1v) is 11.7. The van der Waals surface area contributed by atoms with Crippen LogP contribution in [-0.2, 0) is 9.53 Å². The number of hydrogen-bond donors (Lipinski definition) is 0. The van der Waals surface area contributed by atoms with Crippen molar-refractivity contribution < 1.29 is 9.53 Å². The highest BCUT2D eigenvalue weighted by Gasteiger charge is 2.16. The van der Waals surface area contributed by atoms with Crippen LogP contribution in [-0.4, -0.2) is 36.6 Å². The number of nitrogens with zero attached hydrogens (tertiary/aromatic N) is 1. The van der Waals surface area contributed by atoms with Crippen LogP contribution in [0.25, 0.3) is 0 Å². The van der Waals surface area contributed by atoms with Crippen molar-refractivity contribution in [3.8, 4) is 0 Å². The molecule has 3 nitrogen and oxygen atoms in total. The number of rotatable bonds is 16. The largest absolute Gasteiger partial charge is 0.378 e. The normalized spacial score (nSPS) is 15.3. The van der Waals surface area contributed by atoms with Gasteiger partial charge in [-0.3, -0.25) is 4.79 Å². The van der Waals surface area contributed by atoms with Crippen LogP contribution in [0, 0.1) is 0 Å². The highest BCUT2D eigenvalue weighted by atomic mass is 16.5. The Morgan fingerprint density at radius 3 is 1.88 bits per heavy atom. The summed E-state index contributed by atoms with van der Waals surface area (Å²) in [7, 11) is 0. The van der Waals surface area contributed by atoms with Gasteiger partial charge in [0.1, 0.15) is 0 Å². The molecule has 1 aliphatic carbocycles. The Bertz CT molecular complexity index is 312. The van der Waals surface area contributed by atoms with E-state index in [9.17, 15) is 4.79 Å². The molecule has 0 aromatic carbocycles. The molecule has 1 saturated carbocycles. The van der Waals surface area contributed by atoms with Crippen LogP contribution in [0.2, 0.25) is 0 Å². The van der Waals surface area contributed by atoms with Crippen LogP contribution in [0.15, 0.2) is 0 Å². The molecular weight excluding hydrogens is 322 g/mol. The average Bonchev–Trinajstić information content (AvgIpc) is 2.66. The van der Waals surface area contributed by atoms with Gasteiger partial charge in [0, 0.05) is 13.1 Å². The Balaban J connectivity index is 2.25. The lowest BCUT2D eigenvalue weighted by Gasteiger charge is -2.25. The third kappa shape index (κ3) is 11.9. The predicted molar refractivity (Wildman–Crippen MR) is 112 cm³/mol. The Kier molecular flexibility index (Phi) is 15.0. The van der Waals surface area contributed by atoms with E-state index < -0.39 is 0 Å². The second-order valence-electron chi connectivity index (χ2n) is 8.09. The lowest BCUT2D eigenvalue weighted by atomic mass is 9.98. The van der Waals surface area contributed by atoms with Crippen molar-refractivity contribution in [2.24, 2.45) is 0 Å². The van der Waals surface area contributed by atoms with E-state index in [-0.39, 0.29) is 0 Å². The molecule has 0 N–H and O–H groups in total. The topological polar surface area (TPSA) is 29.5 Å². The lowest BCUT2D eigenvalue weighted by molar-refractivity contribution is -0.133. The lowest BCUT2D eigenvalue weighted by Crippen LogP contribution is -2.34. The minimum absolute atomic E-state index is 0.312. The van der Waals surface area contributed by atoms with E-state index in [1.54, 1.807) is 0 Å². The maximum absolute atomic E-state index is 12.7. The summed E-state index contributed by atoms with van der Waals surface area (Å²) in [5, 5.41) is 0. The quantitative estimate of drug-likeness (QED) is 0.292. The van der Waals surface area contributed by atoms with Gasteiger partial charge in [0.15, 0.2) is 0 Å². The monoisotopic (exact) mass is 367 g/mol. The van der Waals surface area contributed by atoms with Crippen molar-refractivity contribution in [2.75, 3.05) is 19.7 Å². The maximum atomic E-state index is 12.7. The average molecular weight is 368 g/mol. The highest BCUT2D eigenvalue weighted by molar-refractivity contribution is 5.76. The molecule has 26 heavy (non-hydrogen) atoms. The molecule has 0 aromatic heterocycles. The van der Waals surface area contributed by atoms with Crippen LogP contribution in [0.3, 0.4) is 0 Å². The molecule has 0 radical (unpaired) electrons. The van der Waals surface area contributed by atoms with E-state index in [0.29, 0.717) is 25.0 Å². The molecule has 0 aromatic rings. The van der Waals surface area contributed by atoms with Crippen LogP contribution in [0.5, 0.6) is 0 Å². The van der Waals surface area contributed by atoms with Gasteiger partial charge in [-0.15, -0.1) is 0 Å². The number of hydrogen-bond acceptors (Lipinski definition) is 2. The van der Waals surface area contributed by atoms with E-state index in [0.717, 1.165) is 25.9 Å². The summed E-state index contributed by atoms with van der Waals surface area (Å²) >= 11 is 0. The molecule has 0 saturated heterocycles. The van der Waals surface area contributed by atoms with Gasteiger partial charge in [-0.25, -0.2) is 0 Å². The van der Waals surface area contributed by atoms with Gasteiger partial charge in [-0.1, -0.05) is 84.5 Å².